The number of nitrogens with zero attached hydrogens (tertiary/aromatic N) is 2. The van der Waals surface area contributed by atoms with Crippen molar-refractivity contribution in [2.45, 2.75) is 38.9 Å². The zero-order valence-electron chi connectivity index (χ0n) is 14.7. The van der Waals surface area contributed by atoms with E-state index in [0.29, 0.717) is 13.0 Å². The average molecular weight is 355 g/mol. The van der Waals surface area contributed by atoms with Crippen LogP contribution in [0.2, 0.25) is 0 Å². The Morgan fingerprint density at radius 3 is 2.68 bits per heavy atom. The van der Waals surface area contributed by atoms with Crippen molar-refractivity contribution in [3.8, 4) is 5.88 Å². The standard InChI is InChI=1S/C16H22FN3O5/c1-16(2,3)25-15(22)20-6-5-9(8-20)24-13-10(17)7-11(18)12(19-13)14(21)23-4/h7,9H,5-6,8,18H2,1-4H3/t9-/m0/s1. The van der Waals surface area contributed by atoms with Crippen LogP contribution in [0.1, 0.15) is 37.7 Å². The second-order valence-corrected chi connectivity index (χ2v) is 6.66. The number of carbonyl (C=O) groups is 2. The van der Waals surface area contributed by atoms with Gasteiger partial charge in [-0.1, -0.05) is 0 Å². The highest BCUT2D eigenvalue weighted by Crippen LogP contribution is 2.24. The number of amides is 1. The van der Waals surface area contributed by atoms with Crippen LogP contribution in [-0.2, 0) is 9.47 Å². The first-order valence-electron chi connectivity index (χ1n) is 7.79. The molecule has 9 heteroatoms. The van der Waals surface area contributed by atoms with Crippen LogP contribution in [0.15, 0.2) is 6.07 Å². The van der Waals surface area contributed by atoms with E-state index in [1.165, 1.54) is 12.0 Å². The number of hydrogen-bond acceptors (Lipinski definition) is 7. The number of anilines is 1. The highest BCUT2D eigenvalue weighted by atomic mass is 19.1. The fourth-order valence-corrected chi connectivity index (χ4v) is 2.30. The van der Waals surface area contributed by atoms with E-state index in [0.717, 1.165) is 6.07 Å². The van der Waals surface area contributed by atoms with Gasteiger partial charge in [0, 0.05) is 19.0 Å². The van der Waals surface area contributed by atoms with Crippen LogP contribution in [0, 0.1) is 5.82 Å². The molecule has 1 amide bonds. The molecule has 1 aromatic rings. The molecule has 2 rings (SSSR count). The lowest BCUT2D eigenvalue weighted by Gasteiger charge is -2.24. The Morgan fingerprint density at radius 1 is 1.40 bits per heavy atom. The normalized spacial score (nSPS) is 17.3. The number of hydrogen-bond donors (Lipinski definition) is 1. The van der Waals surface area contributed by atoms with Gasteiger partial charge in [0.1, 0.15) is 11.7 Å². The summed E-state index contributed by atoms with van der Waals surface area (Å²) in [6.45, 7) is 5.97. The van der Waals surface area contributed by atoms with E-state index >= 15 is 0 Å². The van der Waals surface area contributed by atoms with E-state index in [4.69, 9.17) is 15.2 Å². The molecule has 0 spiro atoms. The molecular formula is C16H22FN3O5. The first kappa shape index (κ1) is 18.8. The number of nitrogen functional groups attached to an aromatic ring is 1. The Morgan fingerprint density at radius 2 is 2.08 bits per heavy atom. The molecule has 1 aliphatic rings. The molecule has 0 aromatic carbocycles. The number of halogens is 1. The lowest BCUT2D eigenvalue weighted by atomic mass is 10.2. The van der Waals surface area contributed by atoms with E-state index in [1.54, 1.807) is 20.8 Å². The summed E-state index contributed by atoms with van der Waals surface area (Å²) < 4.78 is 29.3. The van der Waals surface area contributed by atoms with Crippen LogP contribution in [0.25, 0.3) is 0 Å². The second-order valence-electron chi connectivity index (χ2n) is 6.66. The minimum atomic E-state index is -0.791. The largest absolute Gasteiger partial charge is 0.470 e. The summed E-state index contributed by atoms with van der Waals surface area (Å²) in [7, 11) is 1.17. The predicted molar refractivity (Wildman–Crippen MR) is 86.8 cm³/mol. The molecule has 8 nitrogen and oxygen atoms in total. The van der Waals surface area contributed by atoms with Crippen molar-refractivity contribution in [1.82, 2.24) is 9.88 Å². The van der Waals surface area contributed by atoms with Gasteiger partial charge in [0.05, 0.1) is 19.3 Å². The summed E-state index contributed by atoms with van der Waals surface area (Å²) >= 11 is 0. The van der Waals surface area contributed by atoms with Gasteiger partial charge in [0.15, 0.2) is 11.5 Å². The molecule has 2 N–H and O–H groups in total. The van der Waals surface area contributed by atoms with Gasteiger partial charge in [-0.25, -0.2) is 19.0 Å². The summed E-state index contributed by atoms with van der Waals surface area (Å²) in [4.78, 5) is 28.9. The number of likely N-dealkylation sites (tertiary alicyclic amines) is 1. The molecule has 138 valence electrons. The van der Waals surface area contributed by atoms with Crippen molar-refractivity contribution < 1.29 is 28.2 Å². The first-order chi connectivity index (χ1) is 11.6. The first-order valence-corrected chi connectivity index (χ1v) is 7.79. The van der Waals surface area contributed by atoms with Gasteiger partial charge >= 0.3 is 12.1 Å². The lowest BCUT2D eigenvalue weighted by molar-refractivity contribution is 0.0274. The maximum absolute atomic E-state index is 14.0. The van der Waals surface area contributed by atoms with Gasteiger partial charge in [0.25, 0.3) is 5.88 Å². The number of aromatic nitrogens is 1. The lowest BCUT2D eigenvalue weighted by Crippen LogP contribution is -2.36. The number of methoxy groups -OCH3 is 1. The number of nitrogens with two attached hydrogens (primary N) is 1. The molecule has 1 fully saturated rings. The molecule has 0 radical (unpaired) electrons. The van der Waals surface area contributed by atoms with Crippen LogP contribution >= 0.6 is 0 Å². The summed E-state index contributed by atoms with van der Waals surface area (Å²) in [6, 6.07) is 0.954. The SMILES string of the molecule is COC(=O)c1nc(O[C@H]2CCN(C(=O)OC(C)(C)C)C2)c(F)cc1N. The quantitative estimate of drug-likeness (QED) is 0.827. The fraction of sp³-hybridized carbons (Fsp3) is 0.562. The van der Waals surface area contributed by atoms with Crippen molar-refractivity contribution in [2.75, 3.05) is 25.9 Å². The van der Waals surface area contributed by atoms with E-state index in [9.17, 15) is 14.0 Å². The molecule has 25 heavy (non-hydrogen) atoms. The average Bonchev–Trinajstić information content (AvgIpc) is 2.96. The number of rotatable bonds is 3. The van der Waals surface area contributed by atoms with Crippen molar-refractivity contribution in [1.29, 1.82) is 0 Å². The zero-order chi connectivity index (χ0) is 18.8. The van der Waals surface area contributed by atoms with Gasteiger partial charge in [-0.3, -0.25) is 0 Å². The summed E-state index contributed by atoms with van der Waals surface area (Å²) in [6.07, 6.45) is -0.443. The topological polar surface area (TPSA) is 104 Å². The third-order valence-corrected chi connectivity index (χ3v) is 3.43. The molecule has 0 unspecified atom stereocenters. The van der Waals surface area contributed by atoms with Crippen LogP contribution in [-0.4, -0.2) is 53.9 Å². The van der Waals surface area contributed by atoms with Crippen LogP contribution in [0.3, 0.4) is 0 Å². The Bertz CT molecular complexity index is 674. The smallest absolute Gasteiger partial charge is 0.410 e. The van der Waals surface area contributed by atoms with Gasteiger partial charge < -0.3 is 24.8 Å². The van der Waals surface area contributed by atoms with Crippen molar-refractivity contribution in [3.63, 3.8) is 0 Å². The third-order valence-electron chi connectivity index (χ3n) is 3.43. The maximum Gasteiger partial charge on any atom is 0.410 e. The zero-order valence-corrected chi connectivity index (χ0v) is 14.7. The molecule has 0 saturated carbocycles. The van der Waals surface area contributed by atoms with Crippen LogP contribution in [0.5, 0.6) is 5.88 Å². The van der Waals surface area contributed by atoms with E-state index < -0.39 is 29.6 Å². The van der Waals surface area contributed by atoms with Crippen LogP contribution in [0.4, 0.5) is 14.9 Å². The summed E-state index contributed by atoms with van der Waals surface area (Å²) in [5, 5.41) is 0. The third kappa shape index (κ3) is 4.71. The summed E-state index contributed by atoms with van der Waals surface area (Å²) in [5.41, 5.74) is 4.60. The van der Waals surface area contributed by atoms with Crippen LogP contribution < -0.4 is 10.5 Å². The molecule has 1 aromatic heterocycles. The molecule has 1 saturated heterocycles. The molecule has 1 aliphatic heterocycles. The molecule has 2 heterocycles. The monoisotopic (exact) mass is 355 g/mol. The van der Waals surface area contributed by atoms with E-state index in [1.807, 2.05) is 0 Å². The number of ether oxygens (including phenoxy) is 3. The second kappa shape index (κ2) is 7.12. The van der Waals surface area contributed by atoms with Crippen molar-refractivity contribution in [3.05, 3.63) is 17.6 Å². The molecule has 0 bridgehead atoms. The number of pyridine rings is 1. The Kier molecular flexibility index (Phi) is 5.34. The fourth-order valence-electron chi connectivity index (χ4n) is 2.30. The maximum atomic E-state index is 14.0. The van der Waals surface area contributed by atoms with Gasteiger partial charge in [-0.2, -0.15) is 0 Å². The highest BCUT2D eigenvalue weighted by molar-refractivity contribution is 5.92. The number of carbonyl (C=O) groups excluding carboxylic acids is 2. The molecule has 0 aliphatic carbocycles. The Balaban J connectivity index is 2.06. The van der Waals surface area contributed by atoms with E-state index in [-0.39, 0.29) is 23.8 Å². The Labute approximate surface area is 145 Å². The van der Waals surface area contributed by atoms with Crippen molar-refractivity contribution in [2.24, 2.45) is 0 Å². The summed E-state index contributed by atoms with van der Waals surface area (Å²) in [5.74, 6) is -1.93. The predicted octanol–water partition coefficient (Wildman–Crippen LogP) is 1.98. The van der Waals surface area contributed by atoms with Gasteiger partial charge in [-0.05, 0) is 20.8 Å². The van der Waals surface area contributed by atoms with Crippen molar-refractivity contribution >= 4 is 17.7 Å². The number of esters is 1. The van der Waals surface area contributed by atoms with Gasteiger partial charge in [-0.15, -0.1) is 0 Å². The van der Waals surface area contributed by atoms with E-state index in [2.05, 4.69) is 9.72 Å². The molecule has 1 atom stereocenters. The minimum absolute atomic E-state index is 0.140. The molecular weight excluding hydrogens is 333 g/mol. The highest BCUT2D eigenvalue weighted by Gasteiger charge is 2.32. The minimum Gasteiger partial charge on any atom is -0.470 e. The van der Waals surface area contributed by atoms with Gasteiger partial charge in [0.2, 0.25) is 0 Å². The Hall–Kier alpha value is -2.58.